The van der Waals surface area contributed by atoms with Crippen molar-refractivity contribution in [1.29, 1.82) is 0 Å². The molecule has 1 saturated heterocycles. The zero-order valence-electron chi connectivity index (χ0n) is 9.83. The number of rotatable bonds is 4. The summed E-state index contributed by atoms with van der Waals surface area (Å²) in [6.45, 7) is 0.0358. The van der Waals surface area contributed by atoms with Gasteiger partial charge in [0.15, 0.2) is 0 Å². The van der Waals surface area contributed by atoms with Crippen LogP contribution in [0.5, 0.6) is 0 Å². The molecule has 1 aliphatic carbocycles. The van der Waals surface area contributed by atoms with Crippen LogP contribution in [0.2, 0.25) is 0 Å². The van der Waals surface area contributed by atoms with E-state index in [0.717, 1.165) is 12.8 Å². The van der Waals surface area contributed by atoms with Crippen molar-refractivity contribution in [2.45, 2.75) is 43.9 Å². The van der Waals surface area contributed by atoms with Crippen LogP contribution in [0.1, 0.15) is 25.7 Å². The Morgan fingerprint density at radius 2 is 1.83 bits per heavy atom. The highest BCUT2D eigenvalue weighted by molar-refractivity contribution is 7.89. The van der Waals surface area contributed by atoms with Crippen LogP contribution in [-0.2, 0) is 10.0 Å². The Hall–Kier alpha value is -0.340. The standard InChI is InChI=1S/C10H17F3N2O2S/c11-10(12,13)9-4-3-8(5-14-9)15-18(16,17)6-7-1-2-7/h7-9,14-15H,1-6H2. The van der Waals surface area contributed by atoms with Gasteiger partial charge in [0.05, 0.1) is 5.75 Å². The third-order valence-electron chi connectivity index (χ3n) is 3.31. The lowest BCUT2D eigenvalue weighted by atomic mass is 10.0. The summed E-state index contributed by atoms with van der Waals surface area (Å²) in [5.74, 6) is 0.341. The lowest BCUT2D eigenvalue weighted by Crippen LogP contribution is -2.54. The molecule has 2 unspecified atom stereocenters. The van der Waals surface area contributed by atoms with E-state index in [-0.39, 0.29) is 31.1 Å². The summed E-state index contributed by atoms with van der Waals surface area (Å²) in [5.41, 5.74) is 0. The minimum Gasteiger partial charge on any atom is -0.305 e. The van der Waals surface area contributed by atoms with Crippen LogP contribution in [0.15, 0.2) is 0 Å². The average molecular weight is 286 g/mol. The molecule has 8 heteroatoms. The van der Waals surface area contributed by atoms with E-state index in [9.17, 15) is 21.6 Å². The Kier molecular flexibility index (Phi) is 3.89. The maximum Gasteiger partial charge on any atom is 0.403 e. The number of hydrogen-bond donors (Lipinski definition) is 2. The molecule has 18 heavy (non-hydrogen) atoms. The molecule has 0 bridgehead atoms. The van der Waals surface area contributed by atoms with Gasteiger partial charge in [-0.05, 0) is 31.6 Å². The predicted molar refractivity (Wildman–Crippen MR) is 60.5 cm³/mol. The maximum absolute atomic E-state index is 12.4. The first kappa shape index (κ1) is 14.1. The third kappa shape index (κ3) is 4.10. The van der Waals surface area contributed by atoms with E-state index in [1.54, 1.807) is 0 Å². The Morgan fingerprint density at radius 1 is 1.17 bits per heavy atom. The van der Waals surface area contributed by atoms with Crippen LogP contribution < -0.4 is 10.0 Å². The van der Waals surface area contributed by atoms with E-state index < -0.39 is 28.3 Å². The van der Waals surface area contributed by atoms with Crippen LogP contribution in [0.3, 0.4) is 0 Å². The Morgan fingerprint density at radius 3 is 2.28 bits per heavy atom. The summed E-state index contributed by atoms with van der Waals surface area (Å²) in [4.78, 5) is 0. The van der Waals surface area contributed by atoms with Crippen LogP contribution in [-0.4, -0.2) is 39.0 Å². The predicted octanol–water partition coefficient (Wildman–Crippen LogP) is 0.999. The smallest absolute Gasteiger partial charge is 0.305 e. The third-order valence-corrected chi connectivity index (χ3v) is 4.91. The van der Waals surface area contributed by atoms with Gasteiger partial charge in [-0.25, -0.2) is 13.1 Å². The normalized spacial score (nSPS) is 30.4. The Bertz CT molecular complexity index is 384. The number of sulfonamides is 1. The summed E-state index contributed by atoms with van der Waals surface area (Å²) in [7, 11) is -3.34. The van der Waals surface area contributed by atoms with Crippen molar-refractivity contribution in [2.75, 3.05) is 12.3 Å². The van der Waals surface area contributed by atoms with Gasteiger partial charge < -0.3 is 5.32 Å². The molecule has 2 atom stereocenters. The van der Waals surface area contributed by atoms with E-state index in [1.165, 1.54) is 0 Å². The lowest BCUT2D eigenvalue weighted by Gasteiger charge is -2.31. The monoisotopic (exact) mass is 286 g/mol. The van der Waals surface area contributed by atoms with Crippen LogP contribution in [0, 0.1) is 5.92 Å². The highest BCUT2D eigenvalue weighted by atomic mass is 32.2. The molecule has 2 aliphatic rings. The van der Waals surface area contributed by atoms with Crippen molar-refractivity contribution in [2.24, 2.45) is 5.92 Å². The first-order chi connectivity index (χ1) is 8.26. The molecule has 2 N–H and O–H groups in total. The van der Waals surface area contributed by atoms with Crippen molar-refractivity contribution in [3.63, 3.8) is 0 Å². The zero-order valence-corrected chi connectivity index (χ0v) is 10.6. The van der Waals surface area contributed by atoms with Crippen molar-refractivity contribution < 1.29 is 21.6 Å². The largest absolute Gasteiger partial charge is 0.403 e. The van der Waals surface area contributed by atoms with Gasteiger partial charge in [-0.2, -0.15) is 13.2 Å². The first-order valence-electron chi connectivity index (χ1n) is 6.06. The molecule has 0 amide bonds. The van der Waals surface area contributed by atoms with E-state index in [2.05, 4.69) is 10.0 Å². The highest BCUT2D eigenvalue weighted by Gasteiger charge is 2.42. The number of piperidine rings is 1. The van der Waals surface area contributed by atoms with Crippen molar-refractivity contribution >= 4 is 10.0 Å². The molecule has 1 saturated carbocycles. The molecule has 0 spiro atoms. The van der Waals surface area contributed by atoms with Gasteiger partial charge in [0.1, 0.15) is 6.04 Å². The Labute approximate surface area is 104 Å². The summed E-state index contributed by atoms with van der Waals surface area (Å²) < 4.78 is 63.0. The quantitative estimate of drug-likeness (QED) is 0.810. The van der Waals surface area contributed by atoms with Crippen molar-refractivity contribution in [3.8, 4) is 0 Å². The minimum atomic E-state index is -4.25. The summed E-state index contributed by atoms with van der Waals surface area (Å²) >= 11 is 0. The van der Waals surface area contributed by atoms with E-state index in [4.69, 9.17) is 0 Å². The molecule has 1 aliphatic heterocycles. The van der Waals surface area contributed by atoms with Gasteiger partial charge in [-0.3, -0.25) is 0 Å². The maximum atomic E-state index is 12.4. The number of halogens is 3. The molecule has 0 radical (unpaired) electrons. The molecule has 2 rings (SSSR count). The Balaban J connectivity index is 1.79. The number of hydrogen-bond acceptors (Lipinski definition) is 3. The molecule has 0 aromatic carbocycles. The van der Waals surface area contributed by atoms with Gasteiger partial charge in [0.2, 0.25) is 10.0 Å². The second-order valence-electron chi connectivity index (χ2n) is 5.12. The molecule has 1 heterocycles. The fraction of sp³-hybridized carbons (Fsp3) is 1.00. The van der Waals surface area contributed by atoms with Gasteiger partial charge >= 0.3 is 6.18 Å². The van der Waals surface area contributed by atoms with Gasteiger partial charge in [-0.15, -0.1) is 0 Å². The van der Waals surface area contributed by atoms with Gasteiger partial charge in [-0.1, -0.05) is 0 Å². The topological polar surface area (TPSA) is 58.2 Å². The number of alkyl halides is 3. The van der Waals surface area contributed by atoms with Crippen LogP contribution in [0.4, 0.5) is 13.2 Å². The van der Waals surface area contributed by atoms with Crippen molar-refractivity contribution in [3.05, 3.63) is 0 Å². The summed E-state index contributed by atoms with van der Waals surface area (Å²) in [6.07, 6.45) is -2.25. The fourth-order valence-corrected chi connectivity index (χ4v) is 3.89. The fourth-order valence-electron chi connectivity index (χ4n) is 2.13. The van der Waals surface area contributed by atoms with Crippen LogP contribution >= 0.6 is 0 Å². The average Bonchev–Trinajstić information content (AvgIpc) is 2.99. The van der Waals surface area contributed by atoms with E-state index in [1.807, 2.05) is 0 Å². The molecular formula is C10H17F3N2O2S. The molecular weight excluding hydrogens is 269 g/mol. The second-order valence-corrected chi connectivity index (χ2v) is 6.92. The molecule has 0 aromatic heterocycles. The van der Waals surface area contributed by atoms with Gasteiger partial charge in [0, 0.05) is 12.6 Å². The number of nitrogens with one attached hydrogen (secondary N) is 2. The molecule has 4 nitrogen and oxygen atoms in total. The molecule has 106 valence electrons. The van der Waals surface area contributed by atoms with E-state index >= 15 is 0 Å². The zero-order chi connectivity index (χ0) is 13.4. The van der Waals surface area contributed by atoms with Crippen LogP contribution in [0.25, 0.3) is 0 Å². The minimum absolute atomic E-state index is 0.0358. The molecule has 0 aromatic rings. The van der Waals surface area contributed by atoms with Crippen molar-refractivity contribution in [1.82, 2.24) is 10.0 Å². The second kappa shape index (κ2) is 4.97. The molecule has 2 fully saturated rings. The highest BCUT2D eigenvalue weighted by Crippen LogP contribution is 2.30. The first-order valence-corrected chi connectivity index (χ1v) is 7.71. The van der Waals surface area contributed by atoms with Gasteiger partial charge in [0.25, 0.3) is 0 Å². The SMILES string of the molecule is O=S(=O)(CC1CC1)NC1CCC(C(F)(F)F)NC1. The summed E-state index contributed by atoms with van der Waals surface area (Å²) in [6, 6.07) is -1.94. The van der Waals surface area contributed by atoms with E-state index in [0.29, 0.717) is 0 Å². The summed E-state index contributed by atoms with van der Waals surface area (Å²) in [5, 5.41) is 2.35. The lowest BCUT2D eigenvalue weighted by molar-refractivity contribution is -0.160.